The van der Waals surface area contributed by atoms with Crippen molar-refractivity contribution in [2.45, 2.75) is 38.1 Å². The summed E-state index contributed by atoms with van der Waals surface area (Å²) in [5, 5.41) is 12.6. The first kappa shape index (κ1) is 17.8. The largest absolute Gasteiger partial charge is 0.382 e. The number of carbonyl (C=O) groups is 1. The lowest BCUT2D eigenvalue weighted by molar-refractivity contribution is -0.132. The maximum absolute atomic E-state index is 12.4. The van der Waals surface area contributed by atoms with E-state index in [9.17, 15) is 4.79 Å². The van der Waals surface area contributed by atoms with E-state index in [2.05, 4.69) is 35.5 Å². The van der Waals surface area contributed by atoms with E-state index in [4.69, 9.17) is 5.26 Å². The van der Waals surface area contributed by atoms with Crippen LogP contribution < -0.4 is 5.32 Å². The standard InChI is InChI=1S/C20H28N4O/c1-23-9-11-24(12-10-23)20(25)14-16-5-7-18(8-6-16)22-19-4-2-3-17(13-19)15-21/h5-8,17,19,22H,2-4,9-14H2,1H3/t17-,19-/m0/s1. The van der Waals surface area contributed by atoms with Crippen LogP contribution in [-0.2, 0) is 11.2 Å². The predicted octanol–water partition coefficient (Wildman–Crippen LogP) is 2.50. The second-order valence-corrected chi connectivity index (χ2v) is 7.39. The highest BCUT2D eigenvalue weighted by Crippen LogP contribution is 2.26. The third-order valence-electron chi connectivity index (χ3n) is 5.39. The number of anilines is 1. The number of rotatable bonds is 4. The number of hydrogen-bond acceptors (Lipinski definition) is 4. The number of likely N-dealkylation sites (N-methyl/N-ethyl adjacent to an activating group) is 1. The third-order valence-corrected chi connectivity index (χ3v) is 5.39. The molecule has 2 atom stereocenters. The van der Waals surface area contributed by atoms with Crippen molar-refractivity contribution in [3.63, 3.8) is 0 Å². The van der Waals surface area contributed by atoms with Gasteiger partial charge in [0.1, 0.15) is 0 Å². The lowest BCUT2D eigenvalue weighted by atomic mass is 9.86. The van der Waals surface area contributed by atoms with Crippen LogP contribution in [0.2, 0.25) is 0 Å². The van der Waals surface area contributed by atoms with Crippen molar-refractivity contribution in [3.05, 3.63) is 29.8 Å². The zero-order chi connectivity index (χ0) is 17.6. The average Bonchev–Trinajstić information content (AvgIpc) is 2.64. The maximum atomic E-state index is 12.4. The molecule has 5 heteroatoms. The quantitative estimate of drug-likeness (QED) is 0.915. The van der Waals surface area contributed by atoms with Gasteiger partial charge < -0.3 is 15.1 Å². The molecule has 2 aliphatic rings. The van der Waals surface area contributed by atoms with Crippen LogP contribution in [0, 0.1) is 17.2 Å². The van der Waals surface area contributed by atoms with Crippen LogP contribution in [0.5, 0.6) is 0 Å². The fourth-order valence-electron chi connectivity index (χ4n) is 3.73. The molecule has 1 aromatic carbocycles. The molecule has 1 heterocycles. The molecule has 134 valence electrons. The molecule has 0 radical (unpaired) electrons. The van der Waals surface area contributed by atoms with Crippen molar-refractivity contribution in [1.29, 1.82) is 5.26 Å². The molecule has 1 aliphatic carbocycles. The second-order valence-electron chi connectivity index (χ2n) is 7.39. The van der Waals surface area contributed by atoms with Gasteiger partial charge in [0.15, 0.2) is 0 Å². The number of nitriles is 1. The number of piperazine rings is 1. The molecule has 0 spiro atoms. The topological polar surface area (TPSA) is 59.4 Å². The molecule has 25 heavy (non-hydrogen) atoms. The molecule has 0 aromatic heterocycles. The Labute approximate surface area is 150 Å². The van der Waals surface area contributed by atoms with Crippen molar-refractivity contribution in [2.24, 2.45) is 5.92 Å². The highest BCUT2D eigenvalue weighted by molar-refractivity contribution is 5.79. The normalized spacial score (nSPS) is 24.6. The number of amides is 1. The molecule has 2 fully saturated rings. The molecule has 1 saturated heterocycles. The van der Waals surface area contributed by atoms with E-state index in [1.807, 2.05) is 17.0 Å². The lowest BCUT2D eigenvalue weighted by Crippen LogP contribution is -2.47. The van der Waals surface area contributed by atoms with Crippen molar-refractivity contribution < 1.29 is 4.79 Å². The Morgan fingerprint density at radius 3 is 2.60 bits per heavy atom. The molecule has 1 N–H and O–H groups in total. The minimum atomic E-state index is 0.187. The van der Waals surface area contributed by atoms with Gasteiger partial charge in [-0.25, -0.2) is 0 Å². The van der Waals surface area contributed by atoms with Crippen molar-refractivity contribution >= 4 is 11.6 Å². The second kappa shape index (κ2) is 8.35. The van der Waals surface area contributed by atoms with Crippen LogP contribution in [0.25, 0.3) is 0 Å². The Morgan fingerprint density at radius 2 is 1.92 bits per heavy atom. The SMILES string of the molecule is CN1CCN(C(=O)Cc2ccc(N[C@H]3CCC[C@H](C#N)C3)cc2)CC1. The zero-order valence-corrected chi connectivity index (χ0v) is 15.1. The van der Waals surface area contributed by atoms with E-state index in [0.29, 0.717) is 12.5 Å². The van der Waals surface area contributed by atoms with Gasteiger partial charge in [-0.1, -0.05) is 18.6 Å². The Kier molecular flexibility index (Phi) is 5.93. The van der Waals surface area contributed by atoms with Gasteiger partial charge in [0.25, 0.3) is 0 Å². The number of hydrogen-bond donors (Lipinski definition) is 1. The van der Waals surface area contributed by atoms with Gasteiger partial charge in [-0.05, 0) is 44.0 Å². The van der Waals surface area contributed by atoms with Crippen molar-refractivity contribution in [1.82, 2.24) is 9.80 Å². The first-order chi connectivity index (χ1) is 12.1. The minimum absolute atomic E-state index is 0.187. The average molecular weight is 340 g/mol. The maximum Gasteiger partial charge on any atom is 0.227 e. The summed E-state index contributed by atoms with van der Waals surface area (Å²) in [5.41, 5.74) is 2.15. The summed E-state index contributed by atoms with van der Waals surface area (Å²) in [6.45, 7) is 3.58. The van der Waals surface area contributed by atoms with Crippen molar-refractivity contribution in [3.8, 4) is 6.07 Å². The summed E-state index contributed by atoms with van der Waals surface area (Å²) < 4.78 is 0. The van der Waals surface area contributed by atoms with Gasteiger partial charge >= 0.3 is 0 Å². The molecule has 0 unspecified atom stereocenters. The van der Waals surface area contributed by atoms with Crippen LogP contribution in [0.1, 0.15) is 31.2 Å². The minimum Gasteiger partial charge on any atom is -0.382 e. The summed E-state index contributed by atoms with van der Waals surface area (Å²) >= 11 is 0. The molecule has 1 aromatic rings. The van der Waals surface area contributed by atoms with Crippen LogP contribution in [0.15, 0.2) is 24.3 Å². The molecule has 1 aliphatic heterocycles. The molecular weight excluding hydrogens is 312 g/mol. The van der Waals surface area contributed by atoms with Crippen LogP contribution in [0.4, 0.5) is 5.69 Å². The fourth-order valence-corrected chi connectivity index (χ4v) is 3.73. The number of nitrogens with zero attached hydrogens (tertiary/aromatic N) is 3. The Balaban J connectivity index is 1.50. The Morgan fingerprint density at radius 1 is 1.20 bits per heavy atom. The monoisotopic (exact) mass is 340 g/mol. The van der Waals surface area contributed by atoms with Gasteiger partial charge in [0.2, 0.25) is 5.91 Å². The van der Waals surface area contributed by atoms with Crippen LogP contribution in [-0.4, -0.2) is 55.0 Å². The number of nitrogens with one attached hydrogen (secondary N) is 1. The zero-order valence-electron chi connectivity index (χ0n) is 15.1. The van der Waals surface area contributed by atoms with Gasteiger partial charge in [0.05, 0.1) is 12.5 Å². The van der Waals surface area contributed by atoms with Crippen LogP contribution in [0.3, 0.4) is 0 Å². The molecular formula is C20H28N4O. The highest BCUT2D eigenvalue weighted by atomic mass is 16.2. The van der Waals surface area contributed by atoms with E-state index >= 15 is 0 Å². The lowest BCUT2D eigenvalue weighted by Gasteiger charge is -2.32. The first-order valence-corrected chi connectivity index (χ1v) is 9.35. The van der Waals surface area contributed by atoms with Gasteiger partial charge in [-0.15, -0.1) is 0 Å². The highest BCUT2D eigenvalue weighted by Gasteiger charge is 2.22. The van der Waals surface area contributed by atoms with Gasteiger partial charge in [0, 0.05) is 43.8 Å². The molecule has 0 bridgehead atoms. The summed E-state index contributed by atoms with van der Waals surface area (Å²) in [5.74, 6) is 0.407. The van der Waals surface area contributed by atoms with E-state index in [1.165, 1.54) is 0 Å². The third kappa shape index (κ3) is 4.96. The van der Waals surface area contributed by atoms with Crippen LogP contribution >= 0.6 is 0 Å². The molecule has 1 saturated carbocycles. The Bertz CT molecular complexity index is 614. The number of carbonyl (C=O) groups excluding carboxylic acids is 1. The van der Waals surface area contributed by atoms with E-state index < -0.39 is 0 Å². The van der Waals surface area contributed by atoms with Gasteiger partial charge in [-0.3, -0.25) is 4.79 Å². The predicted molar refractivity (Wildman–Crippen MR) is 99.2 cm³/mol. The summed E-state index contributed by atoms with van der Waals surface area (Å²) in [4.78, 5) is 16.6. The first-order valence-electron chi connectivity index (χ1n) is 9.35. The van der Waals surface area contributed by atoms with Crippen molar-refractivity contribution in [2.75, 3.05) is 38.5 Å². The number of benzene rings is 1. The fraction of sp³-hybridized carbons (Fsp3) is 0.600. The van der Waals surface area contributed by atoms with E-state index in [1.54, 1.807) is 0 Å². The molecule has 5 nitrogen and oxygen atoms in total. The van der Waals surface area contributed by atoms with E-state index in [0.717, 1.165) is 63.1 Å². The smallest absolute Gasteiger partial charge is 0.227 e. The molecule has 3 rings (SSSR count). The summed E-state index contributed by atoms with van der Waals surface area (Å²) in [6, 6.07) is 11.0. The Hall–Kier alpha value is -2.06. The van der Waals surface area contributed by atoms with Gasteiger partial charge in [-0.2, -0.15) is 5.26 Å². The molecule has 1 amide bonds. The summed E-state index contributed by atoms with van der Waals surface area (Å²) in [7, 11) is 2.10. The summed E-state index contributed by atoms with van der Waals surface area (Å²) in [6.07, 6.45) is 4.68. The van der Waals surface area contributed by atoms with E-state index in [-0.39, 0.29) is 11.8 Å².